The molecule has 0 saturated carbocycles. The highest BCUT2D eigenvalue weighted by Crippen LogP contribution is 2.30. The second-order valence-corrected chi connectivity index (χ2v) is 7.30. The number of morpholine rings is 1. The van der Waals surface area contributed by atoms with Gasteiger partial charge in [0.15, 0.2) is 0 Å². The molecule has 1 N–H and O–H groups in total. The van der Waals surface area contributed by atoms with Crippen LogP contribution in [0.25, 0.3) is 10.2 Å². The SMILES string of the molecule is c1cc(N2CCOCC2)nc(Nc2ccc(Oc3ncnc4sccc34)cc2)n1. The molecule has 9 heteroatoms. The van der Waals surface area contributed by atoms with Crippen molar-refractivity contribution in [2.75, 3.05) is 36.5 Å². The summed E-state index contributed by atoms with van der Waals surface area (Å²) in [5.74, 6) is 2.70. The zero-order valence-electron chi connectivity index (χ0n) is 15.5. The zero-order chi connectivity index (χ0) is 19.5. The van der Waals surface area contributed by atoms with Gasteiger partial charge in [0.05, 0.1) is 18.6 Å². The first kappa shape index (κ1) is 17.8. The van der Waals surface area contributed by atoms with Crippen LogP contribution in [0.3, 0.4) is 0 Å². The molecular weight excluding hydrogens is 388 g/mol. The Bertz CT molecular complexity index is 1110. The van der Waals surface area contributed by atoms with Crippen molar-refractivity contribution < 1.29 is 9.47 Å². The number of nitrogens with one attached hydrogen (secondary N) is 1. The molecule has 29 heavy (non-hydrogen) atoms. The highest BCUT2D eigenvalue weighted by atomic mass is 32.1. The highest BCUT2D eigenvalue weighted by molar-refractivity contribution is 7.16. The number of nitrogens with zero attached hydrogens (tertiary/aromatic N) is 5. The van der Waals surface area contributed by atoms with Crippen LogP contribution in [0.5, 0.6) is 11.6 Å². The summed E-state index contributed by atoms with van der Waals surface area (Å²) in [5, 5.41) is 6.13. The molecule has 1 aliphatic heterocycles. The van der Waals surface area contributed by atoms with Crippen LogP contribution >= 0.6 is 11.3 Å². The molecule has 0 radical (unpaired) electrons. The molecule has 0 unspecified atom stereocenters. The van der Waals surface area contributed by atoms with Crippen LogP contribution in [0, 0.1) is 0 Å². The molecule has 5 rings (SSSR count). The summed E-state index contributed by atoms with van der Waals surface area (Å²) in [6.45, 7) is 3.11. The first-order chi connectivity index (χ1) is 14.3. The molecule has 0 bridgehead atoms. The largest absolute Gasteiger partial charge is 0.438 e. The Morgan fingerprint density at radius 1 is 1.00 bits per heavy atom. The number of ether oxygens (including phenoxy) is 2. The molecule has 4 heterocycles. The number of rotatable bonds is 5. The number of hydrogen-bond donors (Lipinski definition) is 1. The number of fused-ring (bicyclic) bond motifs is 1. The fraction of sp³-hybridized carbons (Fsp3) is 0.200. The molecule has 146 valence electrons. The minimum absolute atomic E-state index is 0.554. The van der Waals surface area contributed by atoms with E-state index >= 15 is 0 Å². The maximum atomic E-state index is 5.93. The second-order valence-electron chi connectivity index (χ2n) is 6.41. The monoisotopic (exact) mass is 406 g/mol. The van der Waals surface area contributed by atoms with E-state index in [4.69, 9.17) is 9.47 Å². The van der Waals surface area contributed by atoms with Gasteiger partial charge < -0.3 is 19.7 Å². The summed E-state index contributed by atoms with van der Waals surface area (Å²) >= 11 is 1.56. The van der Waals surface area contributed by atoms with Crippen molar-refractivity contribution in [2.24, 2.45) is 0 Å². The lowest BCUT2D eigenvalue weighted by Crippen LogP contribution is -2.36. The Balaban J connectivity index is 1.29. The van der Waals surface area contributed by atoms with E-state index in [1.807, 2.05) is 41.8 Å². The summed E-state index contributed by atoms with van der Waals surface area (Å²) in [6.07, 6.45) is 3.28. The summed E-state index contributed by atoms with van der Waals surface area (Å²) in [5.41, 5.74) is 0.875. The molecule has 4 aromatic rings. The maximum Gasteiger partial charge on any atom is 0.231 e. The number of anilines is 3. The first-order valence-corrected chi connectivity index (χ1v) is 10.1. The Morgan fingerprint density at radius 2 is 1.86 bits per heavy atom. The molecule has 3 aromatic heterocycles. The normalized spacial score (nSPS) is 14.1. The predicted molar refractivity (Wildman–Crippen MR) is 112 cm³/mol. The fourth-order valence-corrected chi connectivity index (χ4v) is 3.80. The van der Waals surface area contributed by atoms with E-state index in [0.717, 1.165) is 48.0 Å². The van der Waals surface area contributed by atoms with Crippen molar-refractivity contribution in [2.45, 2.75) is 0 Å². The highest BCUT2D eigenvalue weighted by Gasteiger charge is 2.13. The van der Waals surface area contributed by atoms with Gasteiger partial charge in [0.1, 0.15) is 22.7 Å². The lowest BCUT2D eigenvalue weighted by Gasteiger charge is -2.27. The summed E-state index contributed by atoms with van der Waals surface area (Å²) in [7, 11) is 0. The third-order valence-electron chi connectivity index (χ3n) is 4.53. The van der Waals surface area contributed by atoms with Crippen molar-refractivity contribution in [3.8, 4) is 11.6 Å². The van der Waals surface area contributed by atoms with Crippen LogP contribution in [-0.4, -0.2) is 46.2 Å². The number of hydrogen-bond acceptors (Lipinski definition) is 9. The van der Waals surface area contributed by atoms with Crippen LogP contribution in [0.2, 0.25) is 0 Å². The molecule has 8 nitrogen and oxygen atoms in total. The van der Waals surface area contributed by atoms with Crippen LogP contribution in [0.4, 0.5) is 17.5 Å². The van der Waals surface area contributed by atoms with Crippen molar-refractivity contribution >= 4 is 39.0 Å². The molecule has 1 aliphatic rings. The molecule has 0 atom stereocenters. The molecule has 1 aromatic carbocycles. The van der Waals surface area contributed by atoms with Gasteiger partial charge in [-0.1, -0.05) is 0 Å². The molecule has 0 spiro atoms. The van der Waals surface area contributed by atoms with E-state index in [0.29, 0.717) is 17.6 Å². The number of benzene rings is 1. The van der Waals surface area contributed by atoms with Gasteiger partial charge in [-0.3, -0.25) is 0 Å². The average molecular weight is 406 g/mol. The van der Waals surface area contributed by atoms with E-state index in [2.05, 4.69) is 30.2 Å². The van der Waals surface area contributed by atoms with Crippen LogP contribution in [-0.2, 0) is 4.74 Å². The minimum Gasteiger partial charge on any atom is -0.438 e. The molecule has 1 saturated heterocycles. The second kappa shape index (κ2) is 7.98. The van der Waals surface area contributed by atoms with Gasteiger partial charge in [-0.15, -0.1) is 11.3 Å². The van der Waals surface area contributed by atoms with Gasteiger partial charge in [0.2, 0.25) is 11.8 Å². The van der Waals surface area contributed by atoms with Crippen molar-refractivity contribution in [1.29, 1.82) is 0 Å². The predicted octanol–water partition coefficient (Wildman–Crippen LogP) is 3.85. The molecular formula is C20H18N6O2S. The van der Waals surface area contributed by atoms with Crippen molar-refractivity contribution in [1.82, 2.24) is 19.9 Å². The summed E-state index contributed by atoms with van der Waals surface area (Å²) < 4.78 is 11.3. The maximum absolute atomic E-state index is 5.93. The molecule has 0 aliphatic carbocycles. The topological polar surface area (TPSA) is 85.3 Å². The number of thiophene rings is 1. The van der Waals surface area contributed by atoms with Gasteiger partial charge in [-0.25, -0.2) is 15.0 Å². The van der Waals surface area contributed by atoms with Gasteiger partial charge in [0.25, 0.3) is 0 Å². The average Bonchev–Trinajstić information content (AvgIpc) is 3.26. The smallest absolute Gasteiger partial charge is 0.231 e. The van der Waals surface area contributed by atoms with Gasteiger partial charge in [-0.05, 0) is 41.8 Å². The van der Waals surface area contributed by atoms with Crippen LogP contribution in [0.1, 0.15) is 0 Å². The fourth-order valence-electron chi connectivity index (χ4n) is 3.07. The molecule has 1 fully saturated rings. The van der Waals surface area contributed by atoms with Gasteiger partial charge >= 0.3 is 0 Å². The van der Waals surface area contributed by atoms with Crippen molar-refractivity contribution in [3.05, 3.63) is 54.3 Å². The van der Waals surface area contributed by atoms with Gasteiger partial charge in [0, 0.05) is 25.0 Å². The quantitative estimate of drug-likeness (QED) is 0.535. The van der Waals surface area contributed by atoms with Gasteiger partial charge in [-0.2, -0.15) is 4.98 Å². The van der Waals surface area contributed by atoms with Crippen molar-refractivity contribution in [3.63, 3.8) is 0 Å². The Hall–Kier alpha value is -3.30. The van der Waals surface area contributed by atoms with Crippen LogP contribution in [0.15, 0.2) is 54.3 Å². The standard InChI is InChI=1S/C20H18N6O2S/c1-3-15(28-18-16-6-12-29-19(16)23-13-22-18)4-2-14(1)24-20-21-7-5-17(25-20)26-8-10-27-11-9-26/h1-7,12-13H,8-11H2,(H,21,24,25). The third-order valence-corrected chi connectivity index (χ3v) is 5.35. The zero-order valence-corrected chi connectivity index (χ0v) is 16.3. The number of aromatic nitrogens is 4. The lowest BCUT2D eigenvalue weighted by atomic mass is 10.3. The van der Waals surface area contributed by atoms with E-state index in [1.54, 1.807) is 17.5 Å². The third kappa shape index (κ3) is 3.96. The molecule has 0 amide bonds. The Kier molecular flexibility index (Phi) is 4.89. The first-order valence-electron chi connectivity index (χ1n) is 9.24. The van der Waals surface area contributed by atoms with E-state index in [-0.39, 0.29) is 0 Å². The Morgan fingerprint density at radius 3 is 2.72 bits per heavy atom. The van der Waals surface area contributed by atoms with Crippen LogP contribution < -0.4 is 15.0 Å². The summed E-state index contributed by atoms with van der Waals surface area (Å²) in [4.78, 5) is 20.5. The summed E-state index contributed by atoms with van der Waals surface area (Å²) in [6, 6.07) is 11.5. The van der Waals surface area contributed by atoms with E-state index < -0.39 is 0 Å². The Labute approximate surface area is 171 Å². The minimum atomic E-state index is 0.554. The lowest BCUT2D eigenvalue weighted by molar-refractivity contribution is 0.122. The van der Waals surface area contributed by atoms with E-state index in [1.165, 1.54) is 6.33 Å². The van der Waals surface area contributed by atoms with E-state index in [9.17, 15) is 0 Å².